The van der Waals surface area contributed by atoms with Crippen molar-refractivity contribution in [2.45, 2.75) is 25.3 Å². The van der Waals surface area contributed by atoms with Gasteiger partial charge in [-0.3, -0.25) is 0 Å². The lowest BCUT2D eigenvalue weighted by atomic mass is 10.1. The Hall–Kier alpha value is -0.930. The van der Waals surface area contributed by atoms with Gasteiger partial charge in [-0.25, -0.2) is 0 Å². The number of aromatic nitrogens is 1. The van der Waals surface area contributed by atoms with E-state index in [4.69, 9.17) is 5.73 Å². The minimum atomic E-state index is 0.342. The predicted molar refractivity (Wildman–Crippen MR) is 64.0 cm³/mol. The van der Waals surface area contributed by atoms with Crippen LogP contribution in [0.3, 0.4) is 0 Å². The van der Waals surface area contributed by atoms with E-state index in [0.717, 1.165) is 17.9 Å². The van der Waals surface area contributed by atoms with Crippen molar-refractivity contribution in [2.75, 3.05) is 0 Å². The second-order valence-corrected chi connectivity index (χ2v) is 5.19. The molecule has 0 spiro atoms. The molecule has 0 radical (unpaired) electrons. The Balaban J connectivity index is 1.90. The van der Waals surface area contributed by atoms with E-state index < -0.39 is 0 Å². The molecule has 1 aliphatic carbocycles. The van der Waals surface area contributed by atoms with E-state index in [9.17, 15) is 0 Å². The number of nitrogens with two attached hydrogens (primary N) is 1. The number of nitrogens with zero attached hydrogens (tertiary/aromatic N) is 1. The number of hydrogen-bond donors (Lipinski definition) is 1. The molecule has 1 aliphatic rings. The first-order chi connectivity index (χ1) is 7.34. The van der Waals surface area contributed by atoms with Crippen molar-refractivity contribution in [2.24, 2.45) is 11.7 Å². The van der Waals surface area contributed by atoms with Crippen molar-refractivity contribution in [3.63, 3.8) is 0 Å². The zero-order chi connectivity index (χ0) is 10.3. The number of hydrogen-bond acceptors (Lipinski definition) is 3. The molecule has 0 aliphatic heterocycles. The molecule has 1 heterocycles. The number of rotatable bonds is 3. The Bertz CT molecular complexity index is 473. The highest BCUT2D eigenvalue weighted by Crippen LogP contribution is 2.34. The third-order valence-electron chi connectivity index (χ3n) is 3.11. The lowest BCUT2D eigenvalue weighted by Gasteiger charge is -2.07. The quantitative estimate of drug-likeness (QED) is 0.860. The van der Waals surface area contributed by atoms with Gasteiger partial charge < -0.3 is 5.73 Å². The molecule has 1 aromatic carbocycles. The van der Waals surface area contributed by atoms with Gasteiger partial charge in [0.2, 0.25) is 0 Å². The van der Waals surface area contributed by atoms with Crippen LogP contribution in [-0.4, -0.2) is 10.4 Å². The Morgan fingerprint density at radius 1 is 1.40 bits per heavy atom. The maximum Gasteiger partial charge on any atom is 0.0843 e. The van der Waals surface area contributed by atoms with Gasteiger partial charge in [0, 0.05) is 16.3 Å². The van der Waals surface area contributed by atoms with Crippen molar-refractivity contribution in [3.8, 4) is 0 Å². The summed E-state index contributed by atoms with van der Waals surface area (Å²) in [6, 6.07) is 8.66. The summed E-state index contributed by atoms with van der Waals surface area (Å²) in [5.74, 6) is 0.769. The first-order valence-electron chi connectivity index (χ1n) is 5.43. The van der Waals surface area contributed by atoms with Gasteiger partial charge in [-0.05, 0) is 42.8 Å². The normalized spacial score (nSPS) is 18.2. The van der Waals surface area contributed by atoms with Gasteiger partial charge in [-0.2, -0.15) is 4.37 Å². The van der Waals surface area contributed by atoms with Gasteiger partial charge in [-0.15, -0.1) is 0 Å². The molecule has 0 bridgehead atoms. The molecule has 2 aromatic rings. The molecule has 2 N–H and O–H groups in total. The van der Waals surface area contributed by atoms with Crippen molar-refractivity contribution in [1.29, 1.82) is 0 Å². The SMILES string of the molecule is NC(Cc1snc2ccccc12)C1CC1. The summed E-state index contributed by atoms with van der Waals surface area (Å²) in [4.78, 5) is 1.35. The highest BCUT2D eigenvalue weighted by atomic mass is 32.1. The zero-order valence-electron chi connectivity index (χ0n) is 8.52. The monoisotopic (exact) mass is 218 g/mol. The van der Waals surface area contributed by atoms with Crippen LogP contribution in [0, 0.1) is 5.92 Å². The molecule has 0 saturated heterocycles. The van der Waals surface area contributed by atoms with Gasteiger partial charge in [0.15, 0.2) is 0 Å². The van der Waals surface area contributed by atoms with Crippen molar-refractivity contribution < 1.29 is 0 Å². The molecule has 2 nitrogen and oxygen atoms in total. The summed E-state index contributed by atoms with van der Waals surface area (Å²) in [7, 11) is 0. The van der Waals surface area contributed by atoms with E-state index in [2.05, 4.69) is 22.6 Å². The fraction of sp³-hybridized carbons (Fsp3) is 0.417. The molecule has 15 heavy (non-hydrogen) atoms. The molecule has 1 atom stereocenters. The third-order valence-corrected chi connectivity index (χ3v) is 4.00. The first kappa shape index (κ1) is 9.31. The average Bonchev–Trinajstić information content (AvgIpc) is 3.03. The smallest absolute Gasteiger partial charge is 0.0843 e. The van der Waals surface area contributed by atoms with Crippen LogP contribution in [0.5, 0.6) is 0 Å². The van der Waals surface area contributed by atoms with Gasteiger partial charge in [0.1, 0.15) is 0 Å². The summed E-state index contributed by atoms with van der Waals surface area (Å²) in [5.41, 5.74) is 7.25. The van der Waals surface area contributed by atoms with Crippen LogP contribution in [0.2, 0.25) is 0 Å². The summed E-state index contributed by atoms with van der Waals surface area (Å²) >= 11 is 1.61. The fourth-order valence-corrected chi connectivity index (χ4v) is 2.90. The Morgan fingerprint density at radius 2 is 2.20 bits per heavy atom. The lowest BCUT2D eigenvalue weighted by Crippen LogP contribution is -2.24. The van der Waals surface area contributed by atoms with Crippen LogP contribution < -0.4 is 5.73 Å². The van der Waals surface area contributed by atoms with Crippen LogP contribution in [0.15, 0.2) is 24.3 Å². The van der Waals surface area contributed by atoms with Gasteiger partial charge in [-0.1, -0.05) is 18.2 Å². The number of benzene rings is 1. The predicted octanol–water partition coefficient (Wildman–Crippen LogP) is 2.58. The van der Waals surface area contributed by atoms with Gasteiger partial charge >= 0.3 is 0 Å². The Kier molecular flexibility index (Phi) is 2.22. The second-order valence-electron chi connectivity index (χ2n) is 4.33. The Labute approximate surface area is 93.3 Å². The molecule has 0 amide bonds. The molecule has 1 unspecified atom stereocenters. The highest BCUT2D eigenvalue weighted by Gasteiger charge is 2.29. The maximum atomic E-state index is 6.14. The molecule has 1 saturated carbocycles. The van der Waals surface area contributed by atoms with E-state index in [0.29, 0.717) is 6.04 Å². The zero-order valence-corrected chi connectivity index (χ0v) is 9.33. The van der Waals surface area contributed by atoms with E-state index in [1.165, 1.54) is 23.1 Å². The topological polar surface area (TPSA) is 38.9 Å². The third kappa shape index (κ3) is 1.77. The van der Waals surface area contributed by atoms with Crippen LogP contribution in [0.4, 0.5) is 0 Å². The lowest BCUT2D eigenvalue weighted by molar-refractivity contribution is 0.597. The van der Waals surface area contributed by atoms with Crippen molar-refractivity contribution in [3.05, 3.63) is 29.1 Å². The van der Waals surface area contributed by atoms with E-state index in [1.54, 1.807) is 11.5 Å². The fourth-order valence-electron chi connectivity index (χ4n) is 1.99. The molecule has 1 fully saturated rings. The molecular formula is C12H14N2S. The molecule has 3 rings (SSSR count). The molecule has 78 valence electrons. The summed E-state index contributed by atoms with van der Waals surface area (Å²) < 4.78 is 4.44. The van der Waals surface area contributed by atoms with Gasteiger partial charge in [0.05, 0.1) is 5.52 Å². The highest BCUT2D eigenvalue weighted by molar-refractivity contribution is 7.07. The summed E-state index contributed by atoms with van der Waals surface area (Å²) in [6.07, 6.45) is 3.63. The molecular weight excluding hydrogens is 204 g/mol. The van der Waals surface area contributed by atoms with Crippen LogP contribution in [0.25, 0.3) is 10.9 Å². The molecule has 3 heteroatoms. The summed E-state index contributed by atoms with van der Waals surface area (Å²) in [6.45, 7) is 0. The van der Waals surface area contributed by atoms with E-state index in [1.807, 2.05) is 6.07 Å². The van der Waals surface area contributed by atoms with Crippen LogP contribution >= 0.6 is 11.5 Å². The minimum absolute atomic E-state index is 0.342. The largest absolute Gasteiger partial charge is 0.327 e. The first-order valence-corrected chi connectivity index (χ1v) is 6.21. The van der Waals surface area contributed by atoms with E-state index in [-0.39, 0.29) is 0 Å². The summed E-state index contributed by atoms with van der Waals surface area (Å²) in [5, 5.41) is 1.29. The maximum absolute atomic E-state index is 6.14. The van der Waals surface area contributed by atoms with Gasteiger partial charge in [0.25, 0.3) is 0 Å². The average molecular weight is 218 g/mol. The standard InChI is InChI=1S/C12H14N2S/c13-10(8-5-6-8)7-12-9-3-1-2-4-11(9)14-15-12/h1-4,8,10H,5-7,13H2. The number of fused-ring (bicyclic) bond motifs is 1. The van der Waals surface area contributed by atoms with Crippen LogP contribution in [-0.2, 0) is 6.42 Å². The van der Waals surface area contributed by atoms with Crippen LogP contribution in [0.1, 0.15) is 17.7 Å². The minimum Gasteiger partial charge on any atom is -0.327 e. The van der Waals surface area contributed by atoms with E-state index >= 15 is 0 Å². The second kappa shape index (κ2) is 3.58. The Morgan fingerprint density at radius 3 is 3.00 bits per heavy atom. The molecule has 1 aromatic heterocycles. The van der Waals surface area contributed by atoms with Crippen molar-refractivity contribution in [1.82, 2.24) is 4.37 Å². The van der Waals surface area contributed by atoms with Crippen molar-refractivity contribution >= 4 is 22.4 Å².